The largest absolute Gasteiger partial charge is 0.481 e. The molecule has 23 heavy (non-hydrogen) atoms. The Hall–Kier alpha value is -2.37. The number of benzene rings is 1. The summed E-state index contributed by atoms with van der Waals surface area (Å²) in [5.41, 5.74) is 2.64. The molecule has 0 radical (unpaired) electrons. The van der Waals surface area contributed by atoms with Gasteiger partial charge < -0.3 is 15.3 Å². The molecule has 1 heterocycles. The molecule has 1 aromatic rings. The van der Waals surface area contributed by atoms with Crippen molar-refractivity contribution in [2.24, 2.45) is 5.92 Å². The number of piperidine rings is 1. The van der Waals surface area contributed by atoms with Crippen LogP contribution in [0.25, 0.3) is 0 Å². The number of amides is 2. The molecule has 1 aliphatic heterocycles. The van der Waals surface area contributed by atoms with Gasteiger partial charge in [-0.1, -0.05) is 6.07 Å². The monoisotopic (exact) mass is 318 g/mol. The topological polar surface area (TPSA) is 86.7 Å². The first-order valence-corrected chi connectivity index (χ1v) is 7.74. The first kappa shape index (κ1) is 17.0. The maximum Gasteiger partial charge on any atom is 0.308 e. The molecule has 0 aromatic heterocycles. The number of likely N-dealkylation sites (tertiary alicyclic amines) is 1. The van der Waals surface area contributed by atoms with E-state index in [1.807, 2.05) is 19.9 Å². The van der Waals surface area contributed by atoms with Crippen molar-refractivity contribution in [1.29, 1.82) is 0 Å². The van der Waals surface area contributed by atoms with Crippen molar-refractivity contribution >= 4 is 17.8 Å². The second-order valence-electron chi connectivity index (χ2n) is 6.00. The molecule has 1 unspecified atom stereocenters. The molecule has 1 aliphatic rings. The van der Waals surface area contributed by atoms with Crippen molar-refractivity contribution < 1.29 is 19.5 Å². The number of carboxylic acid groups (broad SMARTS) is 1. The van der Waals surface area contributed by atoms with Crippen molar-refractivity contribution in [2.75, 3.05) is 19.6 Å². The molecule has 1 aromatic carbocycles. The highest BCUT2D eigenvalue weighted by Gasteiger charge is 2.28. The van der Waals surface area contributed by atoms with E-state index in [9.17, 15) is 14.4 Å². The van der Waals surface area contributed by atoms with Crippen molar-refractivity contribution in [3.63, 3.8) is 0 Å². The maximum atomic E-state index is 12.1. The zero-order chi connectivity index (χ0) is 17.0. The highest BCUT2D eigenvalue weighted by atomic mass is 16.4. The fourth-order valence-electron chi connectivity index (χ4n) is 2.66. The Balaban J connectivity index is 1.89. The minimum Gasteiger partial charge on any atom is -0.481 e. The fraction of sp³-hybridized carbons (Fsp3) is 0.471. The summed E-state index contributed by atoms with van der Waals surface area (Å²) in [5, 5.41) is 11.7. The van der Waals surface area contributed by atoms with Crippen LogP contribution in [-0.2, 0) is 9.59 Å². The molecule has 0 bridgehead atoms. The quantitative estimate of drug-likeness (QED) is 0.877. The summed E-state index contributed by atoms with van der Waals surface area (Å²) in [6.07, 6.45) is 1.27. The summed E-state index contributed by atoms with van der Waals surface area (Å²) in [4.78, 5) is 36.8. The number of hydrogen-bond donors (Lipinski definition) is 2. The molecule has 0 saturated carbocycles. The number of carboxylic acids is 1. The standard InChI is InChI=1S/C17H22N2O4/c1-11-5-6-13(8-12(11)2)16(21)18-9-15(20)19-7-3-4-14(10-19)17(22)23/h5-6,8,14H,3-4,7,9-10H2,1-2H3,(H,18,21)(H,22,23). The molecular weight excluding hydrogens is 296 g/mol. The number of carbonyl (C=O) groups is 3. The smallest absolute Gasteiger partial charge is 0.308 e. The molecule has 2 rings (SSSR count). The Morgan fingerprint density at radius 3 is 2.65 bits per heavy atom. The van der Waals surface area contributed by atoms with Gasteiger partial charge in [0, 0.05) is 18.7 Å². The van der Waals surface area contributed by atoms with Gasteiger partial charge in [-0.2, -0.15) is 0 Å². The number of nitrogens with zero attached hydrogens (tertiary/aromatic N) is 1. The lowest BCUT2D eigenvalue weighted by atomic mass is 9.98. The van der Waals surface area contributed by atoms with E-state index in [2.05, 4.69) is 5.32 Å². The summed E-state index contributed by atoms with van der Waals surface area (Å²) < 4.78 is 0. The van der Waals surface area contributed by atoms with E-state index in [1.54, 1.807) is 12.1 Å². The van der Waals surface area contributed by atoms with Gasteiger partial charge in [0.25, 0.3) is 5.91 Å². The van der Waals surface area contributed by atoms with Crippen LogP contribution in [0.2, 0.25) is 0 Å². The van der Waals surface area contributed by atoms with Gasteiger partial charge in [0.05, 0.1) is 12.5 Å². The van der Waals surface area contributed by atoms with E-state index in [1.165, 1.54) is 4.90 Å². The molecular formula is C17H22N2O4. The Morgan fingerprint density at radius 1 is 1.26 bits per heavy atom. The third kappa shape index (κ3) is 4.31. The predicted molar refractivity (Wildman–Crippen MR) is 85.2 cm³/mol. The van der Waals surface area contributed by atoms with E-state index in [0.29, 0.717) is 24.9 Å². The van der Waals surface area contributed by atoms with Crippen LogP contribution in [0.5, 0.6) is 0 Å². The SMILES string of the molecule is Cc1ccc(C(=O)NCC(=O)N2CCCC(C(=O)O)C2)cc1C. The summed E-state index contributed by atoms with van der Waals surface area (Å²) in [6.45, 7) is 4.54. The first-order valence-electron chi connectivity index (χ1n) is 7.74. The van der Waals surface area contributed by atoms with Crippen LogP contribution in [0.1, 0.15) is 34.3 Å². The van der Waals surface area contributed by atoms with Gasteiger partial charge in [-0.3, -0.25) is 14.4 Å². The van der Waals surface area contributed by atoms with E-state index in [-0.39, 0.29) is 24.9 Å². The second kappa shape index (κ2) is 7.26. The Kier molecular flexibility index (Phi) is 5.36. The van der Waals surface area contributed by atoms with Crippen LogP contribution in [-0.4, -0.2) is 47.4 Å². The average Bonchev–Trinajstić information content (AvgIpc) is 2.54. The van der Waals surface area contributed by atoms with E-state index < -0.39 is 11.9 Å². The molecule has 6 heteroatoms. The lowest BCUT2D eigenvalue weighted by Crippen LogP contribution is -2.46. The molecule has 1 fully saturated rings. The van der Waals surface area contributed by atoms with Crippen LogP contribution in [0.4, 0.5) is 0 Å². The number of hydrogen-bond acceptors (Lipinski definition) is 3. The van der Waals surface area contributed by atoms with E-state index in [0.717, 1.165) is 11.1 Å². The third-order valence-corrected chi connectivity index (χ3v) is 4.29. The third-order valence-electron chi connectivity index (χ3n) is 4.29. The Bertz CT molecular complexity index is 627. The number of nitrogens with one attached hydrogen (secondary N) is 1. The molecule has 2 amide bonds. The summed E-state index contributed by atoms with van der Waals surface area (Å²) in [7, 11) is 0. The summed E-state index contributed by atoms with van der Waals surface area (Å²) >= 11 is 0. The lowest BCUT2D eigenvalue weighted by molar-refractivity contribution is -0.145. The number of aliphatic carboxylic acids is 1. The van der Waals surface area contributed by atoms with Crippen molar-refractivity contribution in [3.05, 3.63) is 34.9 Å². The number of carbonyl (C=O) groups excluding carboxylic acids is 2. The van der Waals surface area contributed by atoms with Crippen LogP contribution in [0, 0.1) is 19.8 Å². The van der Waals surface area contributed by atoms with Crippen LogP contribution in [0.3, 0.4) is 0 Å². The van der Waals surface area contributed by atoms with Crippen LogP contribution < -0.4 is 5.32 Å². The normalized spacial score (nSPS) is 17.7. The number of aryl methyl sites for hydroxylation is 2. The van der Waals surface area contributed by atoms with Crippen molar-refractivity contribution in [1.82, 2.24) is 10.2 Å². The summed E-state index contributed by atoms with van der Waals surface area (Å²) in [6, 6.07) is 5.38. The molecule has 0 aliphatic carbocycles. The zero-order valence-electron chi connectivity index (χ0n) is 13.5. The fourth-order valence-corrected chi connectivity index (χ4v) is 2.66. The van der Waals surface area contributed by atoms with Gasteiger partial charge >= 0.3 is 5.97 Å². The Labute approximate surface area is 135 Å². The first-order chi connectivity index (χ1) is 10.9. The highest BCUT2D eigenvalue weighted by Crippen LogP contribution is 2.16. The van der Waals surface area contributed by atoms with Gasteiger partial charge in [-0.25, -0.2) is 0 Å². The second-order valence-corrected chi connectivity index (χ2v) is 6.00. The molecule has 1 atom stereocenters. The molecule has 124 valence electrons. The van der Waals surface area contributed by atoms with Gasteiger partial charge in [-0.05, 0) is 49.9 Å². The summed E-state index contributed by atoms with van der Waals surface area (Å²) in [5.74, 6) is -1.92. The maximum absolute atomic E-state index is 12.1. The van der Waals surface area contributed by atoms with Crippen molar-refractivity contribution in [3.8, 4) is 0 Å². The molecule has 2 N–H and O–H groups in total. The molecule has 1 saturated heterocycles. The lowest BCUT2D eigenvalue weighted by Gasteiger charge is -2.30. The van der Waals surface area contributed by atoms with Crippen LogP contribution in [0.15, 0.2) is 18.2 Å². The average molecular weight is 318 g/mol. The minimum absolute atomic E-state index is 0.113. The molecule has 0 spiro atoms. The van der Waals surface area contributed by atoms with Crippen molar-refractivity contribution in [2.45, 2.75) is 26.7 Å². The predicted octanol–water partition coefficient (Wildman–Crippen LogP) is 1.36. The van der Waals surface area contributed by atoms with Gasteiger partial charge in [0.15, 0.2) is 0 Å². The number of rotatable bonds is 4. The van der Waals surface area contributed by atoms with Gasteiger partial charge in [0.1, 0.15) is 0 Å². The molecule has 6 nitrogen and oxygen atoms in total. The zero-order valence-corrected chi connectivity index (χ0v) is 13.5. The highest BCUT2D eigenvalue weighted by molar-refractivity contribution is 5.96. The van der Waals surface area contributed by atoms with Gasteiger partial charge in [0.2, 0.25) is 5.91 Å². The van der Waals surface area contributed by atoms with Crippen LogP contribution >= 0.6 is 0 Å². The minimum atomic E-state index is -0.873. The van der Waals surface area contributed by atoms with E-state index in [4.69, 9.17) is 5.11 Å². The van der Waals surface area contributed by atoms with Gasteiger partial charge in [-0.15, -0.1) is 0 Å². The Morgan fingerprint density at radius 2 is 2.00 bits per heavy atom. The van der Waals surface area contributed by atoms with E-state index >= 15 is 0 Å².